The van der Waals surface area contributed by atoms with Gasteiger partial charge in [0.15, 0.2) is 5.78 Å². The number of halogens is 1. The summed E-state index contributed by atoms with van der Waals surface area (Å²) in [5, 5.41) is 15.5. The largest absolute Gasteiger partial charge is 0.375 e. The number of anilines is 1. The molecule has 0 spiro atoms. The first-order valence-corrected chi connectivity index (χ1v) is 8.76. The topological polar surface area (TPSA) is 75.5 Å². The first-order chi connectivity index (χ1) is 12.4. The Morgan fingerprint density at radius 2 is 1.96 bits per heavy atom. The van der Waals surface area contributed by atoms with E-state index in [-0.39, 0.29) is 23.6 Å². The molecule has 0 radical (unpaired) electrons. The summed E-state index contributed by atoms with van der Waals surface area (Å²) < 4.78 is 0. The number of ketones is 1. The maximum absolute atomic E-state index is 11.5. The fourth-order valence-electron chi connectivity index (χ4n) is 3.47. The second kappa shape index (κ2) is 7.43. The number of nitro groups is 1. The molecule has 1 aliphatic rings. The van der Waals surface area contributed by atoms with E-state index in [4.69, 9.17) is 11.6 Å². The van der Waals surface area contributed by atoms with Crippen LogP contribution in [0.2, 0.25) is 5.02 Å². The fraction of sp³-hybridized carbons (Fsp3) is 0.316. The van der Waals surface area contributed by atoms with E-state index in [0.29, 0.717) is 16.3 Å². The first kappa shape index (κ1) is 18.4. The zero-order valence-electron chi connectivity index (χ0n) is 14.6. The molecular formula is C19H20ClN3O3. The van der Waals surface area contributed by atoms with Crippen molar-refractivity contribution in [2.75, 3.05) is 18.9 Å². The first-order valence-electron chi connectivity index (χ1n) is 8.38. The highest BCUT2D eigenvalue weighted by molar-refractivity contribution is 6.30. The summed E-state index contributed by atoms with van der Waals surface area (Å²) in [5.41, 5.74) is 1.79. The monoisotopic (exact) mass is 373 g/mol. The van der Waals surface area contributed by atoms with Crippen molar-refractivity contribution in [3.05, 3.63) is 68.7 Å². The highest BCUT2D eigenvalue weighted by atomic mass is 35.5. The normalized spacial score (nSPS) is 20.1. The minimum Gasteiger partial charge on any atom is -0.375 e. The molecular weight excluding hydrogens is 354 g/mol. The number of hydrogen-bond acceptors (Lipinski definition) is 5. The van der Waals surface area contributed by atoms with Gasteiger partial charge in [0.25, 0.3) is 5.69 Å². The Balaban J connectivity index is 1.90. The van der Waals surface area contributed by atoms with Gasteiger partial charge in [0, 0.05) is 29.2 Å². The van der Waals surface area contributed by atoms with E-state index < -0.39 is 4.92 Å². The van der Waals surface area contributed by atoms with Crippen LogP contribution in [0.5, 0.6) is 0 Å². The van der Waals surface area contributed by atoms with Crippen LogP contribution in [-0.2, 0) is 0 Å². The summed E-state index contributed by atoms with van der Waals surface area (Å²) >= 11 is 5.99. The number of benzene rings is 2. The molecule has 7 heteroatoms. The third-order valence-corrected chi connectivity index (χ3v) is 5.05. The predicted octanol–water partition coefficient (Wildman–Crippen LogP) is 4.31. The average Bonchev–Trinajstić information content (AvgIpc) is 2.96. The van der Waals surface area contributed by atoms with Gasteiger partial charge in [-0.25, -0.2) is 0 Å². The fourth-order valence-corrected chi connectivity index (χ4v) is 3.59. The summed E-state index contributed by atoms with van der Waals surface area (Å²) in [6.45, 7) is 2.28. The Morgan fingerprint density at radius 3 is 2.58 bits per heavy atom. The summed E-state index contributed by atoms with van der Waals surface area (Å²) in [6.07, 6.45) is 0.857. The molecule has 1 heterocycles. The molecule has 2 aromatic carbocycles. The molecule has 2 atom stereocenters. The Morgan fingerprint density at radius 1 is 1.27 bits per heavy atom. The quantitative estimate of drug-likeness (QED) is 0.480. The van der Waals surface area contributed by atoms with E-state index in [1.807, 2.05) is 31.3 Å². The van der Waals surface area contributed by atoms with Crippen LogP contribution in [0.15, 0.2) is 42.5 Å². The second-order valence-electron chi connectivity index (χ2n) is 6.56. The maximum atomic E-state index is 11.5. The van der Waals surface area contributed by atoms with Crippen molar-refractivity contribution >= 4 is 28.8 Å². The van der Waals surface area contributed by atoms with Crippen LogP contribution in [0, 0.1) is 10.1 Å². The van der Waals surface area contributed by atoms with Gasteiger partial charge in [-0.05, 0) is 50.2 Å². The van der Waals surface area contributed by atoms with E-state index in [2.05, 4.69) is 10.2 Å². The SMILES string of the molecule is CC(=O)c1ccc(NC2CCN(C)C2c2ccc(Cl)cc2)c([N+](=O)[O-])c1. The van der Waals surface area contributed by atoms with Crippen LogP contribution < -0.4 is 5.32 Å². The number of likely N-dealkylation sites (N-methyl/N-ethyl adjacent to an activating group) is 1. The zero-order valence-corrected chi connectivity index (χ0v) is 15.4. The molecule has 2 unspecified atom stereocenters. The Kier molecular flexibility index (Phi) is 5.25. The van der Waals surface area contributed by atoms with Gasteiger partial charge in [0.05, 0.1) is 11.0 Å². The number of rotatable bonds is 5. The number of hydrogen-bond donors (Lipinski definition) is 1. The molecule has 6 nitrogen and oxygen atoms in total. The van der Waals surface area contributed by atoms with Gasteiger partial charge in [-0.1, -0.05) is 23.7 Å². The van der Waals surface area contributed by atoms with Crippen molar-refractivity contribution in [3.8, 4) is 0 Å². The number of carbonyl (C=O) groups excluding carboxylic acids is 1. The van der Waals surface area contributed by atoms with Crippen LogP contribution in [-0.4, -0.2) is 35.2 Å². The standard InChI is InChI=1S/C19H20ClN3O3/c1-12(24)14-5-8-16(18(11-14)23(25)26)21-17-9-10-22(2)19(17)13-3-6-15(20)7-4-13/h3-8,11,17,19,21H,9-10H2,1-2H3. The van der Waals surface area contributed by atoms with Gasteiger partial charge in [0.2, 0.25) is 0 Å². The van der Waals surface area contributed by atoms with Crippen molar-refractivity contribution in [1.29, 1.82) is 0 Å². The minimum absolute atomic E-state index is 0.0167. The average molecular weight is 374 g/mol. The molecule has 1 N–H and O–H groups in total. The molecule has 0 amide bonds. The molecule has 0 bridgehead atoms. The van der Waals surface area contributed by atoms with Gasteiger partial charge >= 0.3 is 0 Å². The Hall–Kier alpha value is -2.44. The lowest BCUT2D eigenvalue weighted by Gasteiger charge is -2.27. The highest BCUT2D eigenvalue weighted by Crippen LogP contribution is 2.36. The Bertz CT molecular complexity index is 838. The molecule has 26 heavy (non-hydrogen) atoms. The number of Topliss-reactive ketones (excluding diaryl/α,β-unsaturated/α-hetero) is 1. The van der Waals surface area contributed by atoms with Crippen molar-refractivity contribution < 1.29 is 9.72 Å². The van der Waals surface area contributed by atoms with E-state index in [1.54, 1.807) is 12.1 Å². The summed E-state index contributed by atoms with van der Waals surface area (Å²) in [4.78, 5) is 24.7. The van der Waals surface area contributed by atoms with Crippen LogP contribution in [0.3, 0.4) is 0 Å². The van der Waals surface area contributed by atoms with Crippen molar-refractivity contribution in [2.24, 2.45) is 0 Å². The van der Waals surface area contributed by atoms with Gasteiger partial charge in [0.1, 0.15) is 5.69 Å². The van der Waals surface area contributed by atoms with E-state index in [1.165, 1.54) is 13.0 Å². The lowest BCUT2D eigenvalue weighted by molar-refractivity contribution is -0.384. The highest BCUT2D eigenvalue weighted by Gasteiger charge is 2.34. The molecule has 1 fully saturated rings. The van der Waals surface area contributed by atoms with Crippen molar-refractivity contribution in [1.82, 2.24) is 4.90 Å². The second-order valence-corrected chi connectivity index (χ2v) is 7.00. The summed E-state index contributed by atoms with van der Waals surface area (Å²) in [5.74, 6) is -0.195. The number of nitrogens with zero attached hydrogens (tertiary/aromatic N) is 2. The van der Waals surface area contributed by atoms with Crippen LogP contribution in [0.4, 0.5) is 11.4 Å². The molecule has 1 aliphatic heterocycles. The van der Waals surface area contributed by atoms with Crippen molar-refractivity contribution in [2.45, 2.75) is 25.4 Å². The number of likely N-dealkylation sites (tertiary alicyclic amines) is 1. The lowest BCUT2D eigenvalue weighted by atomic mass is 9.99. The van der Waals surface area contributed by atoms with Gasteiger partial charge in [-0.15, -0.1) is 0 Å². The zero-order chi connectivity index (χ0) is 18.8. The van der Waals surface area contributed by atoms with E-state index in [9.17, 15) is 14.9 Å². The molecule has 0 aliphatic carbocycles. The smallest absolute Gasteiger partial charge is 0.293 e. The van der Waals surface area contributed by atoms with Crippen LogP contribution >= 0.6 is 11.6 Å². The molecule has 136 valence electrons. The van der Waals surface area contributed by atoms with Crippen LogP contribution in [0.25, 0.3) is 0 Å². The minimum atomic E-state index is -0.454. The van der Waals surface area contributed by atoms with E-state index in [0.717, 1.165) is 18.5 Å². The molecule has 0 aromatic heterocycles. The third-order valence-electron chi connectivity index (χ3n) is 4.80. The number of carbonyl (C=O) groups is 1. The summed E-state index contributed by atoms with van der Waals surface area (Å²) in [7, 11) is 2.04. The maximum Gasteiger partial charge on any atom is 0.293 e. The third kappa shape index (κ3) is 3.71. The van der Waals surface area contributed by atoms with Gasteiger partial charge in [-0.3, -0.25) is 19.8 Å². The molecule has 0 saturated carbocycles. The number of nitro benzene ring substituents is 1. The van der Waals surface area contributed by atoms with Gasteiger partial charge in [-0.2, -0.15) is 0 Å². The molecule has 2 aromatic rings. The summed E-state index contributed by atoms with van der Waals surface area (Å²) in [6, 6.07) is 12.3. The van der Waals surface area contributed by atoms with E-state index >= 15 is 0 Å². The number of nitrogens with one attached hydrogen (secondary N) is 1. The molecule has 1 saturated heterocycles. The van der Waals surface area contributed by atoms with Crippen LogP contribution in [0.1, 0.15) is 35.3 Å². The lowest BCUT2D eigenvalue weighted by Crippen LogP contribution is -2.29. The molecule has 3 rings (SSSR count). The van der Waals surface area contributed by atoms with Crippen molar-refractivity contribution in [3.63, 3.8) is 0 Å². The Labute approximate surface area is 156 Å². The van der Waals surface area contributed by atoms with Gasteiger partial charge < -0.3 is 5.32 Å². The predicted molar refractivity (Wildman–Crippen MR) is 102 cm³/mol.